The van der Waals surface area contributed by atoms with Gasteiger partial charge in [0.15, 0.2) is 0 Å². The summed E-state index contributed by atoms with van der Waals surface area (Å²) in [5.74, 6) is 0.168. The molecule has 0 saturated heterocycles. The van der Waals surface area contributed by atoms with Gasteiger partial charge >= 0.3 is 6.09 Å². The zero-order chi connectivity index (χ0) is 27.5. The molecule has 0 radical (unpaired) electrons. The average Bonchev–Trinajstić information content (AvgIpc) is 2.91. The minimum atomic E-state index is -0.824. The van der Waals surface area contributed by atoms with Crippen molar-refractivity contribution in [1.29, 1.82) is 5.26 Å². The maximum atomic E-state index is 12.9. The average molecular weight is 515 g/mol. The van der Waals surface area contributed by atoms with Gasteiger partial charge in [-0.3, -0.25) is 10.1 Å². The van der Waals surface area contributed by atoms with E-state index in [1.807, 2.05) is 19.9 Å². The van der Waals surface area contributed by atoms with E-state index >= 15 is 0 Å². The molecule has 0 spiro atoms. The van der Waals surface area contributed by atoms with Crippen LogP contribution < -0.4 is 21.1 Å². The first-order valence-electron chi connectivity index (χ1n) is 11.9. The number of benzene rings is 3. The summed E-state index contributed by atoms with van der Waals surface area (Å²) in [7, 11) is 0. The van der Waals surface area contributed by atoms with Crippen LogP contribution >= 0.6 is 0 Å². The molecular formula is C29H30N4O5. The summed E-state index contributed by atoms with van der Waals surface area (Å²) in [6.07, 6.45) is 1.54. The second kappa shape index (κ2) is 12.9. The summed E-state index contributed by atoms with van der Waals surface area (Å²) >= 11 is 0. The predicted octanol–water partition coefficient (Wildman–Crippen LogP) is 5.02. The molecule has 0 fully saturated rings. The summed E-state index contributed by atoms with van der Waals surface area (Å²) in [5, 5.41) is 23.4. The third kappa shape index (κ3) is 7.85. The summed E-state index contributed by atoms with van der Waals surface area (Å²) in [4.78, 5) is 25.5. The van der Waals surface area contributed by atoms with E-state index in [1.165, 1.54) is 6.08 Å². The molecule has 2 amide bonds. The molecule has 3 rings (SSSR count). The molecule has 0 aliphatic heterocycles. The van der Waals surface area contributed by atoms with Gasteiger partial charge in [-0.25, -0.2) is 4.79 Å². The van der Waals surface area contributed by atoms with E-state index in [1.54, 1.807) is 78.9 Å². The van der Waals surface area contributed by atoms with E-state index < -0.39 is 17.6 Å². The predicted molar refractivity (Wildman–Crippen MR) is 145 cm³/mol. The number of carbonyl (C=O) groups excluding carboxylic acids is 2. The van der Waals surface area contributed by atoms with Crippen molar-refractivity contribution in [2.24, 2.45) is 5.41 Å². The van der Waals surface area contributed by atoms with Crippen molar-refractivity contribution in [2.75, 3.05) is 29.6 Å². The fraction of sp³-hybridized carbons (Fsp3) is 0.207. The van der Waals surface area contributed by atoms with E-state index in [4.69, 9.17) is 25.6 Å². The number of nitrogens with one attached hydrogen (secondary N) is 2. The van der Waals surface area contributed by atoms with Crippen LogP contribution in [0, 0.1) is 16.7 Å². The molecule has 3 aromatic carbocycles. The first-order valence-corrected chi connectivity index (χ1v) is 11.9. The van der Waals surface area contributed by atoms with E-state index in [0.717, 1.165) is 0 Å². The van der Waals surface area contributed by atoms with Gasteiger partial charge in [-0.1, -0.05) is 44.2 Å². The number of anilines is 3. The van der Waals surface area contributed by atoms with Gasteiger partial charge in [0.05, 0.1) is 29.6 Å². The first kappa shape index (κ1) is 27.8. The molecule has 38 heavy (non-hydrogen) atoms. The molecule has 3 aromatic rings. The number of ether oxygens (including phenoxy) is 2. The molecular weight excluding hydrogens is 484 g/mol. The van der Waals surface area contributed by atoms with Gasteiger partial charge < -0.3 is 25.6 Å². The maximum absolute atomic E-state index is 12.9. The van der Waals surface area contributed by atoms with Crippen molar-refractivity contribution < 1.29 is 24.2 Å². The lowest BCUT2D eigenvalue weighted by atomic mass is 9.82. The van der Waals surface area contributed by atoms with Crippen molar-refractivity contribution in [1.82, 2.24) is 0 Å². The Morgan fingerprint density at radius 3 is 2.37 bits per heavy atom. The first-order chi connectivity index (χ1) is 18.2. The fourth-order valence-corrected chi connectivity index (χ4v) is 3.60. The van der Waals surface area contributed by atoms with Crippen molar-refractivity contribution in [2.45, 2.75) is 20.0 Å². The number of nitrogens with two attached hydrogens (primary N) is 1. The largest absolute Gasteiger partial charge is 0.491 e. The van der Waals surface area contributed by atoms with Crippen LogP contribution in [0.5, 0.6) is 5.75 Å². The van der Waals surface area contributed by atoms with Gasteiger partial charge in [-0.15, -0.1) is 0 Å². The summed E-state index contributed by atoms with van der Waals surface area (Å²) < 4.78 is 11.3. The molecule has 0 bridgehead atoms. The van der Waals surface area contributed by atoms with Crippen molar-refractivity contribution in [3.05, 3.63) is 96.1 Å². The third-order valence-electron chi connectivity index (χ3n) is 5.59. The highest BCUT2D eigenvalue weighted by Crippen LogP contribution is 2.39. The highest BCUT2D eigenvalue weighted by molar-refractivity contribution is 6.01. The van der Waals surface area contributed by atoms with Crippen LogP contribution in [0.15, 0.2) is 84.9 Å². The Kier molecular flexibility index (Phi) is 9.46. The fourth-order valence-electron chi connectivity index (χ4n) is 3.60. The molecule has 9 heteroatoms. The minimum absolute atomic E-state index is 0.114. The van der Waals surface area contributed by atoms with Crippen LogP contribution in [0.25, 0.3) is 0 Å². The van der Waals surface area contributed by atoms with Crippen LogP contribution in [-0.4, -0.2) is 30.3 Å². The molecule has 0 aliphatic carbocycles. The molecule has 0 heterocycles. The molecule has 0 aromatic heterocycles. The summed E-state index contributed by atoms with van der Waals surface area (Å²) in [6.45, 7) is 3.71. The highest BCUT2D eigenvalue weighted by atomic mass is 16.6. The highest BCUT2D eigenvalue weighted by Gasteiger charge is 2.32. The van der Waals surface area contributed by atoms with E-state index in [0.29, 0.717) is 33.9 Å². The number of aliphatic hydroxyl groups excluding tert-OH is 1. The second-order valence-electron chi connectivity index (χ2n) is 8.97. The summed E-state index contributed by atoms with van der Waals surface area (Å²) in [6, 6.07) is 22.3. The Morgan fingerprint density at radius 2 is 1.74 bits per heavy atom. The van der Waals surface area contributed by atoms with Crippen LogP contribution in [-0.2, 0) is 9.53 Å². The number of nitrogen functional groups attached to an aromatic ring is 1. The minimum Gasteiger partial charge on any atom is -0.491 e. The van der Waals surface area contributed by atoms with E-state index in [9.17, 15) is 9.59 Å². The van der Waals surface area contributed by atoms with Gasteiger partial charge in [0.25, 0.3) is 0 Å². The molecule has 9 nitrogen and oxygen atoms in total. The van der Waals surface area contributed by atoms with Gasteiger partial charge in [0.1, 0.15) is 18.5 Å². The second-order valence-corrected chi connectivity index (χ2v) is 8.97. The molecule has 1 atom stereocenters. The normalized spacial score (nSPS) is 11.8. The number of para-hydroxylation sites is 2. The van der Waals surface area contributed by atoms with E-state index in [2.05, 4.69) is 10.6 Å². The molecule has 5 N–H and O–H groups in total. The Bertz CT molecular complexity index is 1310. The third-order valence-corrected chi connectivity index (χ3v) is 5.59. The Balaban J connectivity index is 1.81. The van der Waals surface area contributed by atoms with E-state index in [-0.39, 0.29) is 19.1 Å². The van der Waals surface area contributed by atoms with Gasteiger partial charge in [-0.2, -0.15) is 5.26 Å². The van der Waals surface area contributed by atoms with Crippen molar-refractivity contribution in [3.8, 4) is 11.8 Å². The Morgan fingerprint density at radius 1 is 1.05 bits per heavy atom. The lowest BCUT2D eigenvalue weighted by Gasteiger charge is -2.31. The maximum Gasteiger partial charge on any atom is 0.412 e. The standard InChI is InChI=1S/C29H30N4O5/c1-29(2,16-15-26(35)33-25-6-4-3-5-24(25)31)27(21-9-13-23(14-10-21)37-18-17-34)38-28(36)32-22-11-7-20(19-30)8-12-22/h3-16,27,34H,17-18,31H2,1-2H3,(H,32,36)(H,33,35)/b16-15+/t27-/m1/s1. The summed E-state index contributed by atoms with van der Waals surface area (Å²) in [5.41, 5.74) is 7.62. The molecule has 0 aliphatic rings. The lowest BCUT2D eigenvalue weighted by molar-refractivity contribution is -0.112. The SMILES string of the molecule is CC(C)(/C=C/C(=O)Nc1ccccc1N)[C@H](OC(=O)Nc1ccc(C#N)cc1)c1ccc(OCCO)cc1. The van der Waals surface area contributed by atoms with Crippen molar-refractivity contribution in [3.63, 3.8) is 0 Å². The number of carbonyl (C=O) groups is 2. The topological polar surface area (TPSA) is 147 Å². The zero-order valence-electron chi connectivity index (χ0n) is 21.2. The van der Waals surface area contributed by atoms with Crippen LogP contribution in [0.2, 0.25) is 0 Å². The molecule has 0 saturated carbocycles. The monoisotopic (exact) mass is 514 g/mol. The van der Waals surface area contributed by atoms with Crippen LogP contribution in [0.4, 0.5) is 21.9 Å². The number of nitriles is 1. The number of hydrogen-bond acceptors (Lipinski definition) is 7. The zero-order valence-corrected chi connectivity index (χ0v) is 21.2. The number of amides is 2. The van der Waals surface area contributed by atoms with Crippen LogP contribution in [0.1, 0.15) is 31.1 Å². The van der Waals surface area contributed by atoms with Gasteiger partial charge in [0, 0.05) is 11.1 Å². The molecule has 0 unspecified atom stereocenters. The Hall–Kier alpha value is -4.81. The number of nitrogens with zero attached hydrogens (tertiary/aromatic N) is 1. The van der Waals surface area contributed by atoms with Gasteiger partial charge in [0.2, 0.25) is 5.91 Å². The number of rotatable bonds is 10. The van der Waals surface area contributed by atoms with Crippen molar-refractivity contribution >= 4 is 29.1 Å². The number of hydrogen-bond donors (Lipinski definition) is 4. The lowest BCUT2D eigenvalue weighted by Crippen LogP contribution is -2.28. The number of aliphatic hydroxyl groups is 1. The molecule has 196 valence electrons. The van der Waals surface area contributed by atoms with Gasteiger partial charge in [-0.05, 0) is 60.2 Å². The quantitative estimate of drug-likeness (QED) is 0.219. The Labute approximate surface area is 221 Å². The smallest absolute Gasteiger partial charge is 0.412 e. The van der Waals surface area contributed by atoms with Crippen LogP contribution in [0.3, 0.4) is 0 Å².